The Hall–Kier alpha value is -2.41. The second-order valence-corrected chi connectivity index (χ2v) is 8.63. The van der Waals surface area contributed by atoms with Crippen LogP contribution in [0.4, 0.5) is 0 Å². The Kier molecular flexibility index (Phi) is 4.99. The summed E-state index contributed by atoms with van der Waals surface area (Å²) in [5.41, 5.74) is 1.92. The molecule has 4 unspecified atom stereocenters. The normalized spacial score (nSPS) is 28.7. The van der Waals surface area contributed by atoms with Crippen LogP contribution in [0.5, 0.6) is 5.75 Å². The Morgan fingerprint density at radius 3 is 2.66 bits per heavy atom. The van der Waals surface area contributed by atoms with E-state index in [1.807, 2.05) is 35.1 Å². The summed E-state index contributed by atoms with van der Waals surface area (Å²) in [6, 6.07) is 8.35. The van der Waals surface area contributed by atoms with Gasteiger partial charge in [-0.2, -0.15) is 0 Å². The minimum atomic E-state index is 0.198. The summed E-state index contributed by atoms with van der Waals surface area (Å²) in [4.78, 5) is 17.5. The fourth-order valence-electron chi connectivity index (χ4n) is 5.28. The van der Waals surface area contributed by atoms with Gasteiger partial charge in [0.1, 0.15) is 11.4 Å². The number of fused-ring (bicyclic) bond motifs is 3. The Morgan fingerprint density at radius 1 is 1.17 bits per heavy atom. The number of hydrogen-bond acceptors (Lipinski definition) is 5. The highest BCUT2D eigenvalue weighted by Gasteiger charge is 2.44. The lowest BCUT2D eigenvalue weighted by atomic mass is 9.75. The number of benzene rings is 1. The minimum absolute atomic E-state index is 0.198. The molecule has 0 saturated carbocycles. The predicted octanol–water partition coefficient (Wildman–Crippen LogP) is 2.29. The van der Waals surface area contributed by atoms with E-state index in [2.05, 4.69) is 20.1 Å². The molecule has 0 spiro atoms. The van der Waals surface area contributed by atoms with Crippen molar-refractivity contribution in [3.63, 3.8) is 0 Å². The topological polar surface area (TPSA) is 63.5 Å². The van der Waals surface area contributed by atoms with Gasteiger partial charge in [0.2, 0.25) is 5.91 Å². The third kappa shape index (κ3) is 3.64. The fraction of sp³-hybridized carbons (Fsp3) is 0.591. The molecule has 29 heavy (non-hydrogen) atoms. The van der Waals surface area contributed by atoms with Crippen molar-refractivity contribution in [1.29, 1.82) is 0 Å². The van der Waals surface area contributed by atoms with Crippen LogP contribution in [0, 0.1) is 11.8 Å². The van der Waals surface area contributed by atoms with E-state index in [9.17, 15) is 4.79 Å². The number of ether oxygens (including phenoxy) is 1. The molecule has 4 fully saturated rings. The second kappa shape index (κ2) is 7.78. The van der Waals surface area contributed by atoms with Crippen LogP contribution >= 0.6 is 0 Å². The molecule has 7 heteroatoms. The van der Waals surface area contributed by atoms with Crippen LogP contribution in [0.1, 0.15) is 25.7 Å². The molecule has 0 radical (unpaired) electrons. The van der Waals surface area contributed by atoms with Gasteiger partial charge in [-0.05, 0) is 62.4 Å². The summed E-state index contributed by atoms with van der Waals surface area (Å²) in [6.07, 6.45) is 6.59. The quantitative estimate of drug-likeness (QED) is 0.777. The second-order valence-electron chi connectivity index (χ2n) is 8.63. The van der Waals surface area contributed by atoms with Crippen LogP contribution in [0.3, 0.4) is 0 Å². The standard InChI is InChI=1S/C22H29N5O2/c1-29-19-6-4-16(5-7-19)21-15-27(24-23-21)13-18-12-17-8-11-26(18)14-20(17)22(28)25-9-2-3-10-25/h4-7,15,17-18,20H,2-3,8-14H2,1H3. The molecule has 0 aliphatic carbocycles. The molecule has 4 aliphatic heterocycles. The molecule has 1 aromatic heterocycles. The average Bonchev–Trinajstić information content (AvgIpc) is 3.46. The van der Waals surface area contributed by atoms with Crippen molar-refractivity contribution in [2.24, 2.45) is 11.8 Å². The number of nitrogens with zero attached hydrogens (tertiary/aromatic N) is 5. The maximum atomic E-state index is 12.9. The average molecular weight is 396 g/mol. The molecule has 2 aromatic rings. The van der Waals surface area contributed by atoms with Gasteiger partial charge in [-0.1, -0.05) is 5.21 Å². The molecule has 4 aliphatic rings. The summed E-state index contributed by atoms with van der Waals surface area (Å²) in [7, 11) is 1.67. The van der Waals surface area contributed by atoms with Crippen molar-refractivity contribution in [2.45, 2.75) is 38.3 Å². The first-order chi connectivity index (χ1) is 14.2. The number of piperidine rings is 3. The number of hydrogen-bond donors (Lipinski definition) is 0. The van der Waals surface area contributed by atoms with Crippen LogP contribution in [-0.2, 0) is 11.3 Å². The van der Waals surface area contributed by atoms with Gasteiger partial charge in [0, 0.05) is 31.2 Å². The smallest absolute Gasteiger partial charge is 0.227 e. The van der Waals surface area contributed by atoms with Crippen molar-refractivity contribution in [3.05, 3.63) is 30.5 Å². The van der Waals surface area contributed by atoms with Gasteiger partial charge >= 0.3 is 0 Å². The van der Waals surface area contributed by atoms with E-state index in [0.29, 0.717) is 17.9 Å². The number of methoxy groups -OCH3 is 1. The molecule has 5 heterocycles. The third-order valence-electron chi connectivity index (χ3n) is 6.94. The number of carbonyl (C=O) groups excluding carboxylic acids is 1. The van der Waals surface area contributed by atoms with E-state index < -0.39 is 0 Å². The fourth-order valence-corrected chi connectivity index (χ4v) is 5.28. The first kappa shape index (κ1) is 18.6. The Balaban J connectivity index is 1.23. The lowest BCUT2D eigenvalue weighted by Gasteiger charge is -2.49. The van der Waals surface area contributed by atoms with E-state index in [4.69, 9.17) is 4.74 Å². The molecule has 4 atom stereocenters. The maximum Gasteiger partial charge on any atom is 0.227 e. The molecule has 7 nitrogen and oxygen atoms in total. The molecule has 0 N–H and O–H groups in total. The van der Waals surface area contributed by atoms with Gasteiger partial charge in [-0.3, -0.25) is 14.4 Å². The Bertz CT molecular complexity index is 858. The van der Waals surface area contributed by atoms with E-state index in [0.717, 1.165) is 75.4 Å². The van der Waals surface area contributed by atoms with Gasteiger partial charge in [0.15, 0.2) is 0 Å². The molecule has 4 saturated heterocycles. The van der Waals surface area contributed by atoms with Crippen molar-refractivity contribution in [2.75, 3.05) is 33.3 Å². The van der Waals surface area contributed by atoms with Gasteiger partial charge in [0.25, 0.3) is 0 Å². The van der Waals surface area contributed by atoms with Crippen LogP contribution in [0.2, 0.25) is 0 Å². The lowest BCUT2D eigenvalue weighted by molar-refractivity contribution is -0.142. The number of aromatic nitrogens is 3. The molecule has 6 rings (SSSR count). The summed E-state index contributed by atoms with van der Waals surface area (Å²) < 4.78 is 7.18. The minimum Gasteiger partial charge on any atom is -0.497 e. The Morgan fingerprint density at radius 2 is 1.97 bits per heavy atom. The zero-order valence-corrected chi connectivity index (χ0v) is 17.0. The molecule has 154 valence electrons. The van der Waals surface area contributed by atoms with Gasteiger partial charge in [0.05, 0.1) is 25.8 Å². The zero-order chi connectivity index (χ0) is 19.8. The Labute approximate surface area is 171 Å². The highest BCUT2D eigenvalue weighted by Crippen LogP contribution is 2.38. The molecule has 2 bridgehead atoms. The SMILES string of the molecule is COc1ccc(-c2cn(CC3CC4CCN3CC4C(=O)N3CCCC3)nn2)cc1. The van der Waals surface area contributed by atoms with Crippen molar-refractivity contribution in [3.8, 4) is 17.0 Å². The zero-order valence-electron chi connectivity index (χ0n) is 17.0. The highest BCUT2D eigenvalue weighted by atomic mass is 16.5. The molecular formula is C22H29N5O2. The van der Waals surface area contributed by atoms with E-state index >= 15 is 0 Å². The molecular weight excluding hydrogens is 366 g/mol. The highest BCUT2D eigenvalue weighted by molar-refractivity contribution is 5.80. The van der Waals surface area contributed by atoms with Gasteiger partial charge in [-0.15, -0.1) is 5.10 Å². The van der Waals surface area contributed by atoms with Crippen molar-refractivity contribution >= 4 is 5.91 Å². The third-order valence-corrected chi connectivity index (χ3v) is 6.94. The van der Waals surface area contributed by atoms with Crippen LogP contribution in [0.15, 0.2) is 30.5 Å². The van der Waals surface area contributed by atoms with E-state index in [1.165, 1.54) is 0 Å². The first-order valence-corrected chi connectivity index (χ1v) is 10.8. The summed E-state index contributed by atoms with van der Waals surface area (Å²) >= 11 is 0. The number of likely N-dealkylation sites (tertiary alicyclic amines) is 1. The maximum absolute atomic E-state index is 12.9. The van der Waals surface area contributed by atoms with Gasteiger partial charge in [-0.25, -0.2) is 0 Å². The van der Waals surface area contributed by atoms with Crippen LogP contribution < -0.4 is 4.74 Å². The first-order valence-electron chi connectivity index (χ1n) is 10.8. The summed E-state index contributed by atoms with van der Waals surface area (Å²) in [6.45, 7) is 4.76. The lowest BCUT2D eigenvalue weighted by Crippen LogP contribution is -2.58. The number of rotatable bonds is 5. The van der Waals surface area contributed by atoms with Gasteiger partial charge < -0.3 is 9.64 Å². The summed E-state index contributed by atoms with van der Waals surface area (Å²) in [5.74, 6) is 1.95. The summed E-state index contributed by atoms with van der Waals surface area (Å²) in [5, 5.41) is 8.72. The van der Waals surface area contributed by atoms with E-state index in [1.54, 1.807) is 7.11 Å². The number of carbonyl (C=O) groups is 1. The molecule has 1 amide bonds. The largest absolute Gasteiger partial charge is 0.497 e. The van der Waals surface area contributed by atoms with Crippen molar-refractivity contribution in [1.82, 2.24) is 24.8 Å². The number of amides is 1. The van der Waals surface area contributed by atoms with Crippen LogP contribution in [-0.4, -0.2) is 70.0 Å². The van der Waals surface area contributed by atoms with E-state index in [-0.39, 0.29) is 5.92 Å². The van der Waals surface area contributed by atoms with Crippen LogP contribution in [0.25, 0.3) is 11.3 Å². The monoisotopic (exact) mass is 395 g/mol. The predicted molar refractivity (Wildman–Crippen MR) is 109 cm³/mol. The molecule has 1 aromatic carbocycles. The van der Waals surface area contributed by atoms with Crippen molar-refractivity contribution < 1.29 is 9.53 Å².